The van der Waals surface area contributed by atoms with Crippen LogP contribution in [0.3, 0.4) is 0 Å². The molecular weight excluding hydrogens is 240 g/mol. The lowest BCUT2D eigenvalue weighted by molar-refractivity contribution is 0.302. The van der Waals surface area contributed by atoms with Crippen molar-refractivity contribution in [1.82, 2.24) is 0 Å². The zero-order chi connectivity index (χ0) is 12.3. The van der Waals surface area contributed by atoms with Crippen LogP contribution in [0, 0.1) is 6.92 Å². The normalized spacial score (nSPS) is 10.7. The van der Waals surface area contributed by atoms with Gasteiger partial charge >= 0.3 is 0 Å². The third-order valence-electron chi connectivity index (χ3n) is 2.45. The number of fused-ring (bicyclic) bond motifs is 1. The molecule has 0 radical (unpaired) electrons. The van der Waals surface area contributed by atoms with Crippen molar-refractivity contribution in [3.05, 3.63) is 40.2 Å². The number of hydrogen-bond acceptors (Lipinski definition) is 3. The topological polar surface area (TPSA) is 39.4 Å². The first-order valence-corrected chi connectivity index (χ1v) is 5.98. The molecule has 1 heterocycles. The van der Waals surface area contributed by atoms with E-state index in [1.165, 1.54) is 0 Å². The second-order valence-electron chi connectivity index (χ2n) is 3.70. The Hall–Kier alpha value is -1.48. The summed E-state index contributed by atoms with van der Waals surface area (Å²) in [6, 6.07) is 7.14. The Morgan fingerprint density at radius 1 is 1.35 bits per heavy atom. The maximum Gasteiger partial charge on any atom is 0.234 e. The van der Waals surface area contributed by atoms with E-state index in [2.05, 4.69) is 0 Å². The number of alkyl halides is 1. The molecule has 0 N–H and O–H groups in total. The summed E-state index contributed by atoms with van der Waals surface area (Å²) in [5.74, 6) is 1.30. The van der Waals surface area contributed by atoms with Gasteiger partial charge in [0.1, 0.15) is 11.3 Å². The Kier molecular flexibility index (Phi) is 3.69. The summed E-state index contributed by atoms with van der Waals surface area (Å²) >= 11 is 5.56. The van der Waals surface area contributed by atoms with Gasteiger partial charge in [0.2, 0.25) is 11.2 Å². The summed E-state index contributed by atoms with van der Waals surface area (Å²) in [5.41, 5.74) is 0.457. The van der Waals surface area contributed by atoms with E-state index in [-0.39, 0.29) is 11.2 Å². The van der Waals surface area contributed by atoms with Gasteiger partial charge in [0.05, 0.1) is 12.0 Å². The quantitative estimate of drug-likeness (QED) is 0.620. The van der Waals surface area contributed by atoms with Gasteiger partial charge in [-0.1, -0.05) is 12.1 Å². The monoisotopic (exact) mass is 252 g/mol. The van der Waals surface area contributed by atoms with Crippen LogP contribution in [0.25, 0.3) is 11.0 Å². The Morgan fingerprint density at radius 3 is 2.88 bits per heavy atom. The molecule has 2 aromatic rings. The summed E-state index contributed by atoms with van der Waals surface area (Å²) in [4.78, 5) is 12.1. The molecule has 0 saturated heterocycles. The van der Waals surface area contributed by atoms with Crippen molar-refractivity contribution in [1.29, 1.82) is 0 Å². The summed E-state index contributed by atoms with van der Waals surface area (Å²) in [6.45, 7) is 2.15. The highest BCUT2D eigenvalue weighted by atomic mass is 35.5. The lowest BCUT2D eigenvalue weighted by Gasteiger charge is -2.07. The molecule has 0 spiro atoms. The van der Waals surface area contributed by atoms with Crippen LogP contribution in [0.2, 0.25) is 0 Å². The summed E-state index contributed by atoms with van der Waals surface area (Å²) < 4.78 is 11.0. The molecule has 1 aromatic carbocycles. The maximum atomic E-state index is 12.1. The first-order chi connectivity index (χ1) is 8.24. The van der Waals surface area contributed by atoms with Crippen LogP contribution < -0.4 is 10.2 Å². The number of ether oxygens (including phenoxy) is 1. The Bertz CT molecular complexity index is 574. The zero-order valence-electron chi connectivity index (χ0n) is 9.53. The number of halogens is 1. The highest BCUT2D eigenvalue weighted by Crippen LogP contribution is 2.19. The first-order valence-electron chi connectivity index (χ1n) is 5.45. The number of hydrogen-bond donors (Lipinski definition) is 0. The molecular formula is C13H13ClO3. The highest BCUT2D eigenvalue weighted by Gasteiger charge is 2.11. The molecule has 2 rings (SSSR count). The zero-order valence-corrected chi connectivity index (χ0v) is 10.3. The van der Waals surface area contributed by atoms with Crippen LogP contribution in [0.4, 0.5) is 0 Å². The van der Waals surface area contributed by atoms with Crippen molar-refractivity contribution in [2.75, 3.05) is 12.5 Å². The van der Waals surface area contributed by atoms with E-state index in [1.54, 1.807) is 25.1 Å². The van der Waals surface area contributed by atoms with Gasteiger partial charge < -0.3 is 9.15 Å². The van der Waals surface area contributed by atoms with Crippen LogP contribution >= 0.6 is 11.6 Å². The molecule has 0 unspecified atom stereocenters. The predicted molar refractivity (Wildman–Crippen MR) is 68.1 cm³/mol. The predicted octanol–water partition coefficient (Wildman–Crippen LogP) is 3.11. The highest BCUT2D eigenvalue weighted by molar-refractivity contribution is 6.17. The summed E-state index contributed by atoms with van der Waals surface area (Å²) in [5, 5.41) is 0.541. The molecule has 1 aromatic heterocycles. The van der Waals surface area contributed by atoms with E-state index in [9.17, 15) is 4.79 Å². The van der Waals surface area contributed by atoms with Crippen LogP contribution in [0.1, 0.15) is 12.2 Å². The van der Waals surface area contributed by atoms with Crippen molar-refractivity contribution < 1.29 is 9.15 Å². The Morgan fingerprint density at radius 2 is 2.12 bits per heavy atom. The molecule has 0 amide bonds. The van der Waals surface area contributed by atoms with E-state index in [0.29, 0.717) is 35.6 Å². The van der Waals surface area contributed by atoms with Crippen molar-refractivity contribution in [2.24, 2.45) is 0 Å². The van der Waals surface area contributed by atoms with Gasteiger partial charge in [-0.2, -0.15) is 0 Å². The Balaban J connectivity index is 2.45. The molecule has 0 aliphatic carbocycles. The molecule has 0 aliphatic rings. The number of rotatable bonds is 4. The minimum absolute atomic E-state index is 0.126. The van der Waals surface area contributed by atoms with Crippen molar-refractivity contribution >= 4 is 22.6 Å². The molecule has 90 valence electrons. The van der Waals surface area contributed by atoms with Gasteiger partial charge in [-0.15, -0.1) is 11.6 Å². The fourth-order valence-electron chi connectivity index (χ4n) is 1.63. The largest absolute Gasteiger partial charge is 0.486 e. The van der Waals surface area contributed by atoms with E-state index >= 15 is 0 Å². The lowest BCUT2D eigenvalue weighted by atomic mass is 10.2. The van der Waals surface area contributed by atoms with Crippen LogP contribution in [0.15, 0.2) is 33.5 Å². The van der Waals surface area contributed by atoms with Gasteiger partial charge in [0.25, 0.3) is 0 Å². The van der Waals surface area contributed by atoms with Gasteiger partial charge in [-0.05, 0) is 25.5 Å². The van der Waals surface area contributed by atoms with Crippen molar-refractivity contribution in [3.8, 4) is 5.75 Å². The fourth-order valence-corrected chi connectivity index (χ4v) is 1.74. The average Bonchev–Trinajstić information content (AvgIpc) is 2.33. The molecule has 17 heavy (non-hydrogen) atoms. The van der Waals surface area contributed by atoms with Gasteiger partial charge in [-0.3, -0.25) is 4.79 Å². The minimum Gasteiger partial charge on any atom is -0.486 e. The third-order valence-corrected chi connectivity index (χ3v) is 2.71. The van der Waals surface area contributed by atoms with Crippen LogP contribution in [0.5, 0.6) is 5.75 Å². The first kappa shape index (κ1) is 12.0. The van der Waals surface area contributed by atoms with E-state index in [4.69, 9.17) is 20.8 Å². The lowest BCUT2D eigenvalue weighted by Crippen LogP contribution is -2.11. The smallest absolute Gasteiger partial charge is 0.234 e. The van der Waals surface area contributed by atoms with Crippen molar-refractivity contribution in [3.63, 3.8) is 0 Å². The van der Waals surface area contributed by atoms with Gasteiger partial charge in [0.15, 0.2) is 0 Å². The van der Waals surface area contributed by atoms with Crippen LogP contribution in [-0.4, -0.2) is 12.5 Å². The standard InChI is InChI=1S/C13H13ClO3/c1-9-13(16-8-4-7-14)12(15)10-5-2-3-6-11(10)17-9/h2-3,5-6H,4,7-8H2,1H3. The SMILES string of the molecule is Cc1oc2ccccc2c(=O)c1OCCCCl. The summed E-state index contributed by atoms with van der Waals surface area (Å²) in [7, 11) is 0. The van der Waals surface area contributed by atoms with E-state index in [0.717, 1.165) is 0 Å². The molecule has 0 fully saturated rings. The third kappa shape index (κ3) is 2.44. The maximum absolute atomic E-state index is 12.1. The second kappa shape index (κ2) is 5.23. The number of aryl methyl sites for hydroxylation is 1. The van der Waals surface area contributed by atoms with E-state index in [1.807, 2.05) is 6.07 Å². The summed E-state index contributed by atoms with van der Waals surface area (Å²) in [6.07, 6.45) is 0.702. The van der Waals surface area contributed by atoms with Crippen LogP contribution in [-0.2, 0) is 0 Å². The number of para-hydroxylation sites is 1. The Labute approximate surface area is 104 Å². The second-order valence-corrected chi connectivity index (χ2v) is 4.08. The van der Waals surface area contributed by atoms with Gasteiger partial charge in [0, 0.05) is 5.88 Å². The average molecular weight is 253 g/mol. The molecule has 0 saturated carbocycles. The minimum atomic E-state index is -0.126. The molecule has 0 aliphatic heterocycles. The molecule has 0 atom stereocenters. The van der Waals surface area contributed by atoms with Crippen molar-refractivity contribution in [2.45, 2.75) is 13.3 Å². The van der Waals surface area contributed by atoms with Gasteiger partial charge in [-0.25, -0.2) is 0 Å². The number of benzene rings is 1. The fraction of sp³-hybridized carbons (Fsp3) is 0.308. The molecule has 3 nitrogen and oxygen atoms in total. The molecule has 0 bridgehead atoms. The van der Waals surface area contributed by atoms with E-state index < -0.39 is 0 Å². The molecule has 4 heteroatoms.